The van der Waals surface area contributed by atoms with Crippen LogP contribution in [0.15, 0.2) is 30.3 Å². The van der Waals surface area contributed by atoms with Crippen LogP contribution in [0.3, 0.4) is 0 Å². The minimum absolute atomic E-state index is 0.354. The number of nitrogens with zero attached hydrogens (tertiary/aromatic N) is 2. The largest absolute Gasteiger partial charge is 0.272 e. The third-order valence-electron chi connectivity index (χ3n) is 3.89. The van der Waals surface area contributed by atoms with Crippen LogP contribution >= 0.6 is 0 Å². The Kier molecular flexibility index (Phi) is 5.52. The number of carbonyl (C=O) groups is 2. The Balaban J connectivity index is 1.92. The van der Waals surface area contributed by atoms with Crippen molar-refractivity contribution in [1.82, 2.24) is 20.6 Å². The first-order valence-electron chi connectivity index (χ1n) is 7.80. The zero-order chi connectivity index (χ0) is 17.7. The Bertz CT molecular complexity index is 773. The van der Waals surface area contributed by atoms with Gasteiger partial charge in [0.2, 0.25) is 0 Å². The molecule has 0 saturated heterocycles. The molecule has 6 nitrogen and oxygen atoms in total. The van der Waals surface area contributed by atoms with Gasteiger partial charge in [0.25, 0.3) is 11.8 Å². The number of carbonyl (C=O) groups excluding carboxylic acids is 2. The van der Waals surface area contributed by atoms with E-state index in [2.05, 4.69) is 16.0 Å². The number of nitrogens with one attached hydrogen (secondary N) is 2. The molecular weight excluding hydrogens is 304 g/mol. The molecule has 2 rings (SSSR count). The summed E-state index contributed by atoms with van der Waals surface area (Å²) >= 11 is 0. The molecule has 0 atom stereocenters. The van der Waals surface area contributed by atoms with Gasteiger partial charge in [0.05, 0.1) is 5.69 Å². The molecule has 0 bridgehead atoms. The second-order valence-corrected chi connectivity index (χ2v) is 5.54. The monoisotopic (exact) mass is 326 g/mol. The van der Waals surface area contributed by atoms with Gasteiger partial charge in [-0.3, -0.25) is 25.1 Å². The summed E-state index contributed by atoms with van der Waals surface area (Å²) < 4.78 is 1.76. The quantitative estimate of drug-likeness (QED) is 0.667. The molecule has 0 unspecified atom stereocenters. The summed E-state index contributed by atoms with van der Waals surface area (Å²) in [5.74, 6) is -0.760. The normalized spacial score (nSPS) is 10.8. The molecule has 0 saturated carbocycles. The van der Waals surface area contributed by atoms with Crippen LogP contribution in [-0.4, -0.2) is 21.6 Å². The fourth-order valence-corrected chi connectivity index (χ4v) is 2.31. The molecule has 1 aromatic heterocycles. The van der Waals surface area contributed by atoms with Gasteiger partial charge < -0.3 is 0 Å². The molecule has 126 valence electrons. The van der Waals surface area contributed by atoms with Crippen molar-refractivity contribution < 1.29 is 9.59 Å². The molecule has 0 aliphatic rings. The molecule has 2 N–H and O–H groups in total. The van der Waals surface area contributed by atoms with Gasteiger partial charge in [-0.25, -0.2) is 0 Å². The summed E-state index contributed by atoms with van der Waals surface area (Å²) in [4.78, 5) is 23.8. The summed E-state index contributed by atoms with van der Waals surface area (Å²) in [5.41, 5.74) is 9.13. The molecule has 1 aromatic carbocycles. The van der Waals surface area contributed by atoms with Gasteiger partial charge in [-0.05, 0) is 44.0 Å². The van der Waals surface area contributed by atoms with Crippen LogP contribution in [0.2, 0.25) is 0 Å². The number of hydrogen-bond acceptors (Lipinski definition) is 3. The van der Waals surface area contributed by atoms with Crippen molar-refractivity contribution in [1.29, 1.82) is 0 Å². The van der Waals surface area contributed by atoms with E-state index in [1.165, 1.54) is 6.08 Å². The lowest BCUT2D eigenvalue weighted by molar-refractivity contribution is -0.117. The van der Waals surface area contributed by atoms with Crippen LogP contribution < -0.4 is 10.9 Å². The van der Waals surface area contributed by atoms with Crippen LogP contribution in [0.25, 0.3) is 6.08 Å². The first kappa shape index (κ1) is 17.5. The SMILES string of the molecule is CCc1ccc(C(=O)NNC(=O)/C=C/c2c(C)nn(C)c2C)cc1. The van der Waals surface area contributed by atoms with Gasteiger partial charge in [-0.15, -0.1) is 0 Å². The number of amides is 2. The lowest BCUT2D eigenvalue weighted by Gasteiger charge is -2.06. The van der Waals surface area contributed by atoms with Crippen LogP contribution in [0.4, 0.5) is 0 Å². The van der Waals surface area contributed by atoms with Crippen LogP contribution in [0.1, 0.15) is 39.8 Å². The lowest BCUT2D eigenvalue weighted by Crippen LogP contribution is -2.40. The summed E-state index contributed by atoms with van der Waals surface area (Å²) in [7, 11) is 1.85. The average Bonchev–Trinajstić information content (AvgIpc) is 2.83. The highest BCUT2D eigenvalue weighted by molar-refractivity contribution is 5.98. The third-order valence-corrected chi connectivity index (χ3v) is 3.89. The van der Waals surface area contributed by atoms with E-state index in [0.29, 0.717) is 5.56 Å². The smallest absolute Gasteiger partial charge is 0.269 e. The first-order valence-corrected chi connectivity index (χ1v) is 7.80. The van der Waals surface area contributed by atoms with E-state index in [0.717, 1.165) is 28.9 Å². The van der Waals surface area contributed by atoms with Crippen molar-refractivity contribution in [2.24, 2.45) is 7.05 Å². The third kappa shape index (κ3) is 4.10. The van der Waals surface area contributed by atoms with Crippen LogP contribution in [-0.2, 0) is 18.3 Å². The van der Waals surface area contributed by atoms with E-state index >= 15 is 0 Å². The molecule has 6 heteroatoms. The number of aromatic nitrogens is 2. The van der Waals surface area contributed by atoms with Crippen molar-refractivity contribution >= 4 is 17.9 Å². The highest BCUT2D eigenvalue weighted by Crippen LogP contribution is 2.13. The molecular formula is C18H22N4O2. The van der Waals surface area contributed by atoms with Crippen molar-refractivity contribution in [3.05, 3.63) is 58.4 Å². The summed E-state index contributed by atoms with van der Waals surface area (Å²) in [6.07, 6.45) is 3.98. The van der Waals surface area contributed by atoms with Gasteiger partial charge in [-0.1, -0.05) is 19.1 Å². The van der Waals surface area contributed by atoms with Crippen molar-refractivity contribution in [2.45, 2.75) is 27.2 Å². The maximum Gasteiger partial charge on any atom is 0.269 e. The van der Waals surface area contributed by atoms with E-state index < -0.39 is 5.91 Å². The zero-order valence-corrected chi connectivity index (χ0v) is 14.4. The molecule has 0 aliphatic carbocycles. The Morgan fingerprint density at radius 1 is 1.17 bits per heavy atom. The van der Waals surface area contributed by atoms with E-state index in [1.54, 1.807) is 22.9 Å². The first-order chi connectivity index (χ1) is 11.4. The Morgan fingerprint density at radius 2 is 1.83 bits per heavy atom. The van der Waals surface area contributed by atoms with E-state index in [-0.39, 0.29) is 5.91 Å². The topological polar surface area (TPSA) is 76.0 Å². The predicted octanol–water partition coefficient (Wildman–Crippen LogP) is 2.07. The molecule has 0 fully saturated rings. The van der Waals surface area contributed by atoms with E-state index in [4.69, 9.17) is 0 Å². The lowest BCUT2D eigenvalue weighted by atomic mass is 10.1. The van der Waals surface area contributed by atoms with Gasteiger partial charge in [0.15, 0.2) is 0 Å². The summed E-state index contributed by atoms with van der Waals surface area (Å²) in [6, 6.07) is 7.26. The molecule has 2 amide bonds. The fraction of sp³-hybridized carbons (Fsp3) is 0.278. The maximum atomic E-state index is 12.0. The zero-order valence-electron chi connectivity index (χ0n) is 14.4. The number of hydrazine groups is 1. The van der Waals surface area contributed by atoms with E-state index in [1.807, 2.05) is 40.0 Å². The fourth-order valence-electron chi connectivity index (χ4n) is 2.31. The summed E-state index contributed by atoms with van der Waals surface area (Å²) in [6.45, 7) is 5.86. The second-order valence-electron chi connectivity index (χ2n) is 5.54. The standard InChI is InChI=1S/C18H22N4O2/c1-5-14-6-8-15(9-7-14)18(24)20-19-17(23)11-10-16-12(2)21-22(4)13(16)3/h6-11H,5H2,1-4H3,(H,19,23)(H,20,24)/b11-10+. The predicted molar refractivity (Wildman–Crippen MR) is 93.1 cm³/mol. The van der Waals surface area contributed by atoms with Crippen LogP contribution in [0.5, 0.6) is 0 Å². The summed E-state index contributed by atoms with van der Waals surface area (Å²) in [5, 5.41) is 4.28. The van der Waals surface area contributed by atoms with Gasteiger partial charge in [0.1, 0.15) is 0 Å². The molecule has 24 heavy (non-hydrogen) atoms. The Labute approximate surface area is 141 Å². The number of aryl methyl sites for hydroxylation is 3. The van der Waals surface area contributed by atoms with E-state index in [9.17, 15) is 9.59 Å². The van der Waals surface area contributed by atoms with Crippen molar-refractivity contribution in [2.75, 3.05) is 0 Å². The second kappa shape index (κ2) is 7.59. The van der Waals surface area contributed by atoms with Gasteiger partial charge >= 0.3 is 0 Å². The average molecular weight is 326 g/mol. The highest BCUT2D eigenvalue weighted by Gasteiger charge is 2.08. The van der Waals surface area contributed by atoms with Crippen molar-refractivity contribution in [3.63, 3.8) is 0 Å². The van der Waals surface area contributed by atoms with Crippen LogP contribution in [0, 0.1) is 13.8 Å². The maximum absolute atomic E-state index is 12.0. The highest BCUT2D eigenvalue weighted by atomic mass is 16.2. The minimum atomic E-state index is -0.406. The molecule has 0 radical (unpaired) electrons. The minimum Gasteiger partial charge on any atom is -0.272 e. The number of rotatable bonds is 4. The number of hydrogen-bond donors (Lipinski definition) is 2. The molecule has 0 spiro atoms. The Morgan fingerprint density at radius 3 is 2.38 bits per heavy atom. The number of benzene rings is 1. The molecule has 0 aliphatic heterocycles. The Hall–Kier alpha value is -2.89. The van der Waals surface area contributed by atoms with Crippen molar-refractivity contribution in [3.8, 4) is 0 Å². The van der Waals surface area contributed by atoms with Gasteiger partial charge in [0, 0.05) is 29.9 Å². The molecule has 2 aromatic rings. The van der Waals surface area contributed by atoms with Gasteiger partial charge in [-0.2, -0.15) is 5.10 Å². The molecule has 1 heterocycles.